The summed E-state index contributed by atoms with van der Waals surface area (Å²) >= 11 is 6.34. The molecule has 2 aliphatic rings. The van der Waals surface area contributed by atoms with E-state index in [2.05, 4.69) is 10.3 Å². The fourth-order valence-electron chi connectivity index (χ4n) is 3.46. The van der Waals surface area contributed by atoms with Crippen molar-refractivity contribution in [2.45, 2.75) is 45.1 Å². The Labute approximate surface area is 153 Å². The minimum absolute atomic E-state index is 0.00114. The van der Waals surface area contributed by atoms with Crippen molar-refractivity contribution in [2.75, 3.05) is 31.5 Å². The average Bonchev–Trinajstić information content (AvgIpc) is 3.11. The summed E-state index contributed by atoms with van der Waals surface area (Å²) in [7, 11) is 0. The Bertz CT molecular complexity index is 646. The van der Waals surface area contributed by atoms with Crippen molar-refractivity contribution in [2.24, 2.45) is 0 Å². The SMILES string of the molecule is CCC(=O)N1CCC(Nc2ncc(C(=O)N3CCCCC3)cc2Cl)C1. The number of hydrogen-bond acceptors (Lipinski definition) is 4. The van der Waals surface area contributed by atoms with Crippen molar-refractivity contribution >= 4 is 29.2 Å². The number of carbonyl (C=O) groups excluding carboxylic acids is 2. The number of amides is 2. The Kier molecular flexibility index (Phi) is 5.78. The maximum atomic E-state index is 12.5. The second-order valence-electron chi connectivity index (χ2n) is 6.73. The van der Waals surface area contributed by atoms with Crippen molar-refractivity contribution in [1.82, 2.24) is 14.8 Å². The highest BCUT2D eigenvalue weighted by Crippen LogP contribution is 2.24. The molecule has 25 heavy (non-hydrogen) atoms. The highest BCUT2D eigenvalue weighted by atomic mass is 35.5. The number of pyridine rings is 1. The number of rotatable bonds is 4. The molecule has 3 heterocycles. The van der Waals surface area contributed by atoms with E-state index in [1.165, 1.54) is 6.42 Å². The van der Waals surface area contributed by atoms with Crippen molar-refractivity contribution in [1.29, 1.82) is 0 Å². The van der Waals surface area contributed by atoms with Crippen molar-refractivity contribution in [3.05, 3.63) is 22.8 Å². The van der Waals surface area contributed by atoms with Gasteiger partial charge in [-0.2, -0.15) is 0 Å². The van der Waals surface area contributed by atoms with E-state index in [0.717, 1.165) is 38.9 Å². The number of anilines is 1. The van der Waals surface area contributed by atoms with Crippen LogP contribution in [-0.4, -0.2) is 58.8 Å². The van der Waals surface area contributed by atoms with E-state index in [0.29, 0.717) is 29.4 Å². The second kappa shape index (κ2) is 8.04. The molecule has 0 bridgehead atoms. The molecule has 2 aliphatic heterocycles. The summed E-state index contributed by atoms with van der Waals surface area (Å²) in [5, 5.41) is 3.75. The summed E-state index contributed by atoms with van der Waals surface area (Å²) in [5.41, 5.74) is 0.534. The zero-order valence-corrected chi connectivity index (χ0v) is 15.4. The lowest BCUT2D eigenvalue weighted by Gasteiger charge is -2.26. The Morgan fingerprint density at radius 1 is 1.24 bits per heavy atom. The number of carbonyl (C=O) groups is 2. The third kappa shape index (κ3) is 4.24. The van der Waals surface area contributed by atoms with E-state index < -0.39 is 0 Å². The van der Waals surface area contributed by atoms with E-state index >= 15 is 0 Å². The van der Waals surface area contributed by atoms with Gasteiger partial charge in [0.15, 0.2) is 0 Å². The van der Waals surface area contributed by atoms with Gasteiger partial charge >= 0.3 is 0 Å². The van der Waals surface area contributed by atoms with Crippen LogP contribution in [0.15, 0.2) is 12.3 Å². The molecule has 2 fully saturated rings. The smallest absolute Gasteiger partial charge is 0.255 e. The lowest BCUT2D eigenvalue weighted by molar-refractivity contribution is -0.129. The van der Waals surface area contributed by atoms with Gasteiger partial charge < -0.3 is 15.1 Å². The van der Waals surface area contributed by atoms with Gasteiger partial charge in [0.2, 0.25) is 5.91 Å². The summed E-state index contributed by atoms with van der Waals surface area (Å²) in [6.45, 7) is 4.91. The molecule has 1 aromatic heterocycles. The first-order chi connectivity index (χ1) is 12.1. The summed E-state index contributed by atoms with van der Waals surface area (Å²) in [4.78, 5) is 32.4. The van der Waals surface area contributed by atoms with Crippen LogP contribution in [0, 0.1) is 0 Å². The zero-order chi connectivity index (χ0) is 17.8. The molecule has 0 spiro atoms. The zero-order valence-electron chi connectivity index (χ0n) is 14.6. The van der Waals surface area contributed by atoms with E-state index in [1.807, 2.05) is 16.7 Å². The molecule has 0 radical (unpaired) electrons. The van der Waals surface area contributed by atoms with Gasteiger partial charge in [0.1, 0.15) is 5.82 Å². The molecule has 2 amide bonds. The number of hydrogen-bond donors (Lipinski definition) is 1. The Morgan fingerprint density at radius 3 is 2.68 bits per heavy atom. The van der Waals surface area contributed by atoms with Gasteiger partial charge in [0.05, 0.1) is 10.6 Å². The van der Waals surface area contributed by atoms with Gasteiger partial charge in [-0.25, -0.2) is 4.98 Å². The van der Waals surface area contributed by atoms with Crippen LogP contribution < -0.4 is 5.32 Å². The molecule has 7 heteroatoms. The van der Waals surface area contributed by atoms with E-state index in [1.54, 1.807) is 12.3 Å². The molecule has 0 aromatic carbocycles. The number of likely N-dealkylation sites (tertiary alicyclic amines) is 2. The summed E-state index contributed by atoms with van der Waals surface area (Å²) in [6.07, 6.45) is 6.29. The first-order valence-corrected chi connectivity index (χ1v) is 9.45. The summed E-state index contributed by atoms with van der Waals surface area (Å²) in [6, 6.07) is 1.83. The van der Waals surface area contributed by atoms with E-state index in [4.69, 9.17) is 11.6 Å². The largest absolute Gasteiger partial charge is 0.364 e. The van der Waals surface area contributed by atoms with E-state index in [-0.39, 0.29) is 17.9 Å². The lowest BCUT2D eigenvalue weighted by atomic mass is 10.1. The van der Waals surface area contributed by atoms with E-state index in [9.17, 15) is 9.59 Å². The number of nitrogens with one attached hydrogen (secondary N) is 1. The molecule has 0 aliphatic carbocycles. The van der Waals surface area contributed by atoms with Crippen LogP contribution in [0.4, 0.5) is 5.82 Å². The summed E-state index contributed by atoms with van der Waals surface area (Å²) < 4.78 is 0. The Morgan fingerprint density at radius 2 is 2.00 bits per heavy atom. The average molecular weight is 365 g/mol. The highest BCUT2D eigenvalue weighted by Gasteiger charge is 2.26. The van der Waals surface area contributed by atoms with Crippen LogP contribution in [-0.2, 0) is 4.79 Å². The quantitative estimate of drug-likeness (QED) is 0.892. The lowest BCUT2D eigenvalue weighted by Crippen LogP contribution is -2.35. The number of halogens is 1. The normalized spacial score (nSPS) is 20.6. The van der Waals surface area contributed by atoms with Crippen molar-refractivity contribution in [3.8, 4) is 0 Å². The molecular weight excluding hydrogens is 340 g/mol. The molecule has 1 aromatic rings. The fraction of sp³-hybridized carbons (Fsp3) is 0.611. The third-order valence-corrected chi connectivity index (χ3v) is 5.20. The minimum atomic E-state index is 0.00114. The number of nitrogens with zero attached hydrogens (tertiary/aromatic N) is 3. The number of aromatic nitrogens is 1. The van der Waals surface area contributed by atoms with Crippen LogP contribution in [0.1, 0.15) is 49.4 Å². The molecule has 1 N–H and O–H groups in total. The summed E-state index contributed by atoms with van der Waals surface area (Å²) in [5.74, 6) is 0.750. The molecule has 1 unspecified atom stereocenters. The van der Waals surface area contributed by atoms with Crippen LogP contribution >= 0.6 is 11.6 Å². The van der Waals surface area contributed by atoms with Crippen molar-refractivity contribution < 1.29 is 9.59 Å². The molecule has 136 valence electrons. The molecule has 1 atom stereocenters. The van der Waals surface area contributed by atoms with Gasteiger partial charge in [-0.1, -0.05) is 18.5 Å². The van der Waals surface area contributed by atoms with Gasteiger partial charge in [-0.15, -0.1) is 0 Å². The molecule has 3 rings (SSSR count). The monoisotopic (exact) mass is 364 g/mol. The molecule has 2 saturated heterocycles. The maximum absolute atomic E-state index is 12.5. The number of piperidine rings is 1. The maximum Gasteiger partial charge on any atom is 0.255 e. The Hall–Kier alpha value is -1.82. The van der Waals surface area contributed by atoms with Crippen LogP contribution in [0.25, 0.3) is 0 Å². The van der Waals surface area contributed by atoms with Crippen molar-refractivity contribution in [3.63, 3.8) is 0 Å². The predicted molar refractivity (Wildman–Crippen MR) is 97.9 cm³/mol. The molecular formula is C18H25ClN4O2. The minimum Gasteiger partial charge on any atom is -0.364 e. The first-order valence-electron chi connectivity index (χ1n) is 9.07. The van der Waals surface area contributed by atoms with Gasteiger partial charge in [-0.05, 0) is 31.7 Å². The fourth-order valence-corrected chi connectivity index (χ4v) is 3.68. The predicted octanol–water partition coefficient (Wildman–Crippen LogP) is 2.78. The third-order valence-electron chi connectivity index (χ3n) is 4.92. The molecule has 6 nitrogen and oxygen atoms in total. The first kappa shape index (κ1) is 18.0. The standard InChI is InChI=1S/C18H25ClN4O2/c1-2-16(24)23-9-6-14(12-23)21-17-15(19)10-13(11-20-17)18(25)22-7-4-3-5-8-22/h10-11,14H,2-9,12H2,1H3,(H,20,21). The van der Waals surface area contributed by atoms with Crippen LogP contribution in [0.2, 0.25) is 5.02 Å². The highest BCUT2D eigenvalue weighted by molar-refractivity contribution is 6.33. The van der Waals surface area contributed by atoms with Gasteiger partial charge in [-0.3, -0.25) is 9.59 Å². The van der Waals surface area contributed by atoms with Crippen LogP contribution in [0.3, 0.4) is 0 Å². The second-order valence-corrected chi connectivity index (χ2v) is 7.14. The molecule has 0 saturated carbocycles. The Balaban J connectivity index is 1.62. The van der Waals surface area contributed by atoms with Crippen LogP contribution in [0.5, 0.6) is 0 Å². The van der Waals surface area contributed by atoms with Gasteiger partial charge in [0, 0.05) is 44.8 Å². The van der Waals surface area contributed by atoms with Gasteiger partial charge in [0.25, 0.3) is 5.91 Å². The topological polar surface area (TPSA) is 65.5 Å².